The molecule has 2 aliphatic rings. The van der Waals surface area contributed by atoms with Crippen LogP contribution in [-0.4, -0.2) is 39.8 Å². The lowest BCUT2D eigenvalue weighted by Crippen LogP contribution is -2.32. The summed E-state index contributed by atoms with van der Waals surface area (Å²) in [5.74, 6) is 1.13. The van der Waals surface area contributed by atoms with E-state index in [-0.39, 0.29) is 23.7 Å². The maximum Gasteiger partial charge on any atom is 0.232 e. The van der Waals surface area contributed by atoms with Crippen LogP contribution in [0.1, 0.15) is 54.9 Å². The van der Waals surface area contributed by atoms with Crippen LogP contribution in [0.4, 0.5) is 10.2 Å². The van der Waals surface area contributed by atoms with Crippen LogP contribution in [0.2, 0.25) is 0 Å². The van der Waals surface area contributed by atoms with E-state index < -0.39 is 0 Å². The second kappa shape index (κ2) is 7.89. The Morgan fingerprint density at radius 2 is 2.00 bits per heavy atom. The molecule has 152 valence electrons. The number of carbonyl (C=O) groups excluding carboxylic acids is 2. The minimum absolute atomic E-state index is 0.00424. The van der Waals surface area contributed by atoms with Crippen molar-refractivity contribution in [3.8, 4) is 0 Å². The van der Waals surface area contributed by atoms with Crippen LogP contribution in [-0.2, 0) is 22.4 Å². The minimum Gasteiger partial charge on any atom is -0.332 e. The maximum atomic E-state index is 13.1. The highest BCUT2D eigenvalue weighted by molar-refractivity contribution is 6.00. The van der Waals surface area contributed by atoms with E-state index in [2.05, 4.69) is 4.98 Å². The highest BCUT2D eigenvalue weighted by Gasteiger charge is 2.35. The third kappa shape index (κ3) is 3.73. The van der Waals surface area contributed by atoms with Gasteiger partial charge in [-0.2, -0.15) is 0 Å². The lowest BCUT2D eigenvalue weighted by atomic mass is 10.1. The number of anilines is 1. The number of carbonyl (C=O) groups is 2. The molecule has 0 saturated carbocycles. The molecule has 7 heteroatoms. The first-order valence-electron chi connectivity index (χ1n) is 10.2. The molecule has 2 aromatic rings. The number of halogens is 1. The van der Waals surface area contributed by atoms with Gasteiger partial charge in [-0.15, -0.1) is 0 Å². The number of likely N-dealkylation sites (tertiary alicyclic amines) is 1. The number of rotatable bonds is 5. The van der Waals surface area contributed by atoms with Crippen molar-refractivity contribution in [2.75, 3.05) is 18.0 Å². The summed E-state index contributed by atoms with van der Waals surface area (Å²) >= 11 is 0. The molecular formula is C22H25FN4O2. The Labute approximate surface area is 169 Å². The standard InChI is InChI=1S/C22H25FN4O2/c1-3-19(28)26-11-4-5-18(26)21-24-14(2)17-13-20(29)27(22(17)25-21)12-10-15-6-8-16(23)9-7-15/h6-9,18H,3-5,10-13H2,1-2H3/t18-/m1/s1. The van der Waals surface area contributed by atoms with Crippen LogP contribution in [0.3, 0.4) is 0 Å². The predicted octanol–water partition coefficient (Wildman–Crippen LogP) is 3.13. The Hall–Kier alpha value is -2.83. The van der Waals surface area contributed by atoms with Gasteiger partial charge in [-0.3, -0.25) is 14.5 Å². The first kappa shape index (κ1) is 19.5. The maximum absolute atomic E-state index is 13.1. The van der Waals surface area contributed by atoms with Gasteiger partial charge < -0.3 is 4.90 Å². The first-order valence-corrected chi connectivity index (χ1v) is 10.2. The Morgan fingerprint density at radius 1 is 1.24 bits per heavy atom. The SMILES string of the molecule is CCC(=O)N1CCC[C@@H]1c1nc(C)c2c(n1)N(CCc1ccc(F)cc1)C(=O)C2. The molecule has 0 aliphatic carbocycles. The van der Waals surface area contributed by atoms with Crippen molar-refractivity contribution in [3.63, 3.8) is 0 Å². The smallest absolute Gasteiger partial charge is 0.232 e. The topological polar surface area (TPSA) is 66.4 Å². The van der Waals surface area contributed by atoms with E-state index in [4.69, 9.17) is 4.98 Å². The second-order valence-corrected chi connectivity index (χ2v) is 7.67. The molecule has 2 aliphatic heterocycles. The molecule has 0 N–H and O–H groups in total. The molecule has 2 amide bonds. The van der Waals surface area contributed by atoms with Gasteiger partial charge in [-0.1, -0.05) is 19.1 Å². The molecule has 0 unspecified atom stereocenters. The molecule has 1 aromatic heterocycles. The molecule has 0 bridgehead atoms. The Morgan fingerprint density at radius 3 is 2.72 bits per heavy atom. The number of fused-ring (bicyclic) bond motifs is 1. The van der Waals surface area contributed by atoms with Crippen molar-refractivity contribution in [1.29, 1.82) is 0 Å². The number of aryl methyl sites for hydroxylation is 1. The third-order valence-corrected chi connectivity index (χ3v) is 5.81. The third-order valence-electron chi connectivity index (χ3n) is 5.81. The summed E-state index contributed by atoms with van der Waals surface area (Å²) < 4.78 is 13.1. The largest absolute Gasteiger partial charge is 0.332 e. The van der Waals surface area contributed by atoms with Crippen LogP contribution in [0.15, 0.2) is 24.3 Å². The van der Waals surface area contributed by atoms with E-state index in [0.29, 0.717) is 37.4 Å². The fourth-order valence-corrected chi connectivity index (χ4v) is 4.21. The predicted molar refractivity (Wildman–Crippen MR) is 107 cm³/mol. The van der Waals surface area contributed by atoms with Gasteiger partial charge in [0.25, 0.3) is 0 Å². The van der Waals surface area contributed by atoms with Crippen LogP contribution in [0.5, 0.6) is 0 Å². The van der Waals surface area contributed by atoms with E-state index >= 15 is 0 Å². The highest BCUT2D eigenvalue weighted by Crippen LogP contribution is 2.35. The van der Waals surface area contributed by atoms with Gasteiger partial charge in [0.2, 0.25) is 11.8 Å². The monoisotopic (exact) mass is 396 g/mol. The van der Waals surface area contributed by atoms with Crippen molar-refractivity contribution in [2.45, 2.75) is 52.0 Å². The van der Waals surface area contributed by atoms with Gasteiger partial charge in [0, 0.05) is 30.8 Å². The fourth-order valence-electron chi connectivity index (χ4n) is 4.21. The summed E-state index contributed by atoms with van der Waals surface area (Å²) in [6.45, 7) is 4.98. The second-order valence-electron chi connectivity index (χ2n) is 7.67. The Balaban J connectivity index is 1.60. The zero-order valence-corrected chi connectivity index (χ0v) is 16.8. The number of hydrogen-bond acceptors (Lipinski definition) is 4. The minimum atomic E-state index is -0.271. The highest BCUT2D eigenvalue weighted by atomic mass is 19.1. The van der Waals surface area contributed by atoms with Crippen molar-refractivity contribution >= 4 is 17.6 Å². The zero-order valence-electron chi connectivity index (χ0n) is 16.8. The van der Waals surface area contributed by atoms with Gasteiger partial charge in [0.05, 0.1) is 12.5 Å². The van der Waals surface area contributed by atoms with E-state index in [9.17, 15) is 14.0 Å². The molecule has 1 fully saturated rings. The average Bonchev–Trinajstić information content (AvgIpc) is 3.32. The van der Waals surface area contributed by atoms with Crippen LogP contribution in [0.25, 0.3) is 0 Å². The lowest BCUT2D eigenvalue weighted by Gasteiger charge is -2.24. The van der Waals surface area contributed by atoms with Gasteiger partial charge >= 0.3 is 0 Å². The number of benzene rings is 1. The fraction of sp³-hybridized carbons (Fsp3) is 0.455. The molecule has 0 spiro atoms. The average molecular weight is 396 g/mol. The molecule has 1 aromatic carbocycles. The molecule has 4 rings (SSSR count). The summed E-state index contributed by atoms with van der Waals surface area (Å²) in [6, 6.07) is 6.21. The summed E-state index contributed by atoms with van der Waals surface area (Å²) in [5.41, 5.74) is 2.64. The Kier molecular flexibility index (Phi) is 5.30. The molecule has 0 radical (unpaired) electrons. The molecule has 3 heterocycles. The van der Waals surface area contributed by atoms with Crippen molar-refractivity contribution in [1.82, 2.24) is 14.9 Å². The number of nitrogens with zero attached hydrogens (tertiary/aromatic N) is 4. The van der Waals surface area contributed by atoms with Crippen molar-refractivity contribution in [3.05, 3.63) is 52.7 Å². The van der Waals surface area contributed by atoms with E-state index in [1.54, 1.807) is 17.0 Å². The Bertz CT molecular complexity index is 945. The van der Waals surface area contributed by atoms with Gasteiger partial charge in [-0.05, 0) is 43.9 Å². The van der Waals surface area contributed by atoms with Crippen LogP contribution < -0.4 is 4.90 Å². The summed E-state index contributed by atoms with van der Waals surface area (Å²) in [5, 5.41) is 0. The molecule has 1 atom stereocenters. The van der Waals surface area contributed by atoms with Gasteiger partial charge in [0.1, 0.15) is 11.6 Å². The normalized spacial score (nSPS) is 18.4. The molecule has 6 nitrogen and oxygen atoms in total. The summed E-state index contributed by atoms with van der Waals surface area (Å²) in [6.07, 6.45) is 3.15. The molecule has 29 heavy (non-hydrogen) atoms. The zero-order chi connectivity index (χ0) is 20.5. The molecular weight excluding hydrogens is 371 g/mol. The van der Waals surface area contributed by atoms with Crippen LogP contribution >= 0.6 is 0 Å². The number of aromatic nitrogens is 2. The van der Waals surface area contributed by atoms with Crippen LogP contribution in [0, 0.1) is 12.7 Å². The van der Waals surface area contributed by atoms with Gasteiger partial charge in [0.15, 0.2) is 5.82 Å². The van der Waals surface area contributed by atoms with Crippen molar-refractivity contribution < 1.29 is 14.0 Å². The lowest BCUT2D eigenvalue weighted by molar-refractivity contribution is -0.131. The van der Waals surface area contributed by atoms with E-state index in [1.165, 1.54) is 12.1 Å². The molecule has 1 saturated heterocycles. The number of hydrogen-bond donors (Lipinski definition) is 0. The van der Waals surface area contributed by atoms with E-state index in [1.807, 2.05) is 18.7 Å². The first-order chi connectivity index (χ1) is 14.0. The van der Waals surface area contributed by atoms with Gasteiger partial charge in [-0.25, -0.2) is 14.4 Å². The van der Waals surface area contributed by atoms with Crippen molar-refractivity contribution in [2.24, 2.45) is 0 Å². The number of amides is 2. The summed E-state index contributed by atoms with van der Waals surface area (Å²) in [4.78, 5) is 37.9. The quantitative estimate of drug-likeness (QED) is 0.779. The summed E-state index contributed by atoms with van der Waals surface area (Å²) in [7, 11) is 0. The van der Waals surface area contributed by atoms with E-state index in [0.717, 1.165) is 36.2 Å².